The zero-order valence-corrected chi connectivity index (χ0v) is 12.6. The van der Waals surface area contributed by atoms with Crippen LogP contribution in [-0.2, 0) is 12.8 Å². The highest BCUT2D eigenvalue weighted by atomic mass is 35.5. The molecule has 0 spiro atoms. The number of H-pyrrole nitrogens is 1. The highest BCUT2D eigenvalue weighted by Gasteiger charge is 2.24. The fraction of sp³-hybridized carbons (Fsp3) is 0.188. The van der Waals surface area contributed by atoms with Gasteiger partial charge >= 0.3 is 0 Å². The van der Waals surface area contributed by atoms with Gasteiger partial charge in [-0.1, -0.05) is 35.9 Å². The second-order valence-corrected chi connectivity index (χ2v) is 6.21. The first kappa shape index (κ1) is 13.0. The molecule has 0 bridgehead atoms. The van der Waals surface area contributed by atoms with E-state index in [-0.39, 0.29) is 11.1 Å². The maximum absolute atomic E-state index is 13.8. The van der Waals surface area contributed by atoms with Crippen LogP contribution in [0.3, 0.4) is 0 Å². The monoisotopic (exact) mass is 318 g/mol. The van der Waals surface area contributed by atoms with Gasteiger partial charge < -0.3 is 9.55 Å². The van der Waals surface area contributed by atoms with E-state index in [0.29, 0.717) is 4.77 Å². The Morgan fingerprint density at radius 2 is 1.86 bits per heavy atom. The van der Waals surface area contributed by atoms with Crippen molar-refractivity contribution in [2.75, 3.05) is 0 Å². The number of hydrogen-bond donors (Lipinski definition) is 1. The third-order valence-corrected chi connectivity index (χ3v) is 4.74. The Kier molecular flexibility index (Phi) is 2.91. The van der Waals surface area contributed by atoms with E-state index in [2.05, 4.69) is 29.2 Å². The van der Waals surface area contributed by atoms with Crippen molar-refractivity contribution in [2.45, 2.75) is 18.9 Å². The number of aromatic nitrogens is 2. The molecule has 3 aromatic rings. The van der Waals surface area contributed by atoms with Gasteiger partial charge in [0.15, 0.2) is 4.77 Å². The zero-order valence-electron chi connectivity index (χ0n) is 11.1. The van der Waals surface area contributed by atoms with Crippen molar-refractivity contribution in [1.82, 2.24) is 9.55 Å². The first-order valence-electron chi connectivity index (χ1n) is 6.79. The molecule has 21 heavy (non-hydrogen) atoms. The standard InChI is InChI=1S/C16H12ClFN2S/c17-12-7-14-15(8-13(12)18)20(16(21)19-14)11-5-9-3-1-2-4-10(9)6-11/h1-4,7-8,11H,5-6H2,(H,19,21). The summed E-state index contributed by atoms with van der Waals surface area (Å²) >= 11 is 11.3. The van der Waals surface area contributed by atoms with Gasteiger partial charge in [0.25, 0.3) is 0 Å². The Labute approximate surface area is 131 Å². The Morgan fingerprint density at radius 3 is 2.52 bits per heavy atom. The molecule has 106 valence electrons. The molecule has 2 aromatic carbocycles. The van der Waals surface area contributed by atoms with Gasteiger partial charge in [0.1, 0.15) is 5.82 Å². The lowest BCUT2D eigenvalue weighted by molar-refractivity contribution is 0.536. The van der Waals surface area contributed by atoms with Gasteiger partial charge in [-0.25, -0.2) is 4.39 Å². The summed E-state index contributed by atoms with van der Waals surface area (Å²) in [6.45, 7) is 0. The van der Waals surface area contributed by atoms with Gasteiger partial charge in [-0.3, -0.25) is 0 Å². The van der Waals surface area contributed by atoms with Gasteiger partial charge in [0, 0.05) is 12.1 Å². The molecule has 1 aromatic heterocycles. The van der Waals surface area contributed by atoms with Crippen LogP contribution in [0.5, 0.6) is 0 Å². The Balaban J connectivity index is 1.87. The summed E-state index contributed by atoms with van der Waals surface area (Å²) in [6, 6.07) is 11.7. The molecule has 1 aliphatic rings. The van der Waals surface area contributed by atoms with E-state index in [4.69, 9.17) is 23.8 Å². The molecular formula is C16H12ClFN2S. The van der Waals surface area contributed by atoms with Gasteiger partial charge in [-0.05, 0) is 42.3 Å². The van der Waals surface area contributed by atoms with E-state index in [9.17, 15) is 4.39 Å². The van der Waals surface area contributed by atoms with Crippen LogP contribution in [0.2, 0.25) is 5.02 Å². The maximum Gasteiger partial charge on any atom is 0.178 e. The lowest BCUT2D eigenvalue weighted by atomic mass is 10.1. The van der Waals surface area contributed by atoms with Crippen LogP contribution >= 0.6 is 23.8 Å². The molecule has 0 fully saturated rings. The molecule has 0 radical (unpaired) electrons. The van der Waals surface area contributed by atoms with Crippen LogP contribution in [-0.4, -0.2) is 9.55 Å². The fourth-order valence-corrected chi connectivity index (χ4v) is 3.72. The van der Waals surface area contributed by atoms with Crippen molar-refractivity contribution in [1.29, 1.82) is 0 Å². The predicted molar refractivity (Wildman–Crippen MR) is 85.0 cm³/mol. The number of nitrogens with zero attached hydrogens (tertiary/aromatic N) is 1. The Hall–Kier alpha value is -1.65. The van der Waals surface area contributed by atoms with Crippen LogP contribution in [0.1, 0.15) is 17.2 Å². The summed E-state index contributed by atoms with van der Waals surface area (Å²) < 4.78 is 16.4. The second kappa shape index (κ2) is 4.68. The van der Waals surface area contributed by atoms with E-state index < -0.39 is 5.82 Å². The van der Waals surface area contributed by atoms with Crippen LogP contribution in [0.4, 0.5) is 4.39 Å². The average Bonchev–Trinajstić information content (AvgIpc) is 2.99. The van der Waals surface area contributed by atoms with E-state index >= 15 is 0 Å². The number of hydrogen-bond acceptors (Lipinski definition) is 1. The van der Waals surface area contributed by atoms with E-state index in [0.717, 1.165) is 23.9 Å². The third kappa shape index (κ3) is 2.01. The SMILES string of the molecule is Fc1cc2c(cc1Cl)[nH]c(=S)n2C1Cc2ccccc2C1. The van der Waals surface area contributed by atoms with Crippen molar-refractivity contribution in [3.63, 3.8) is 0 Å². The maximum atomic E-state index is 13.8. The smallest absolute Gasteiger partial charge is 0.178 e. The van der Waals surface area contributed by atoms with E-state index in [1.54, 1.807) is 6.07 Å². The topological polar surface area (TPSA) is 20.7 Å². The largest absolute Gasteiger partial charge is 0.331 e. The number of aromatic amines is 1. The van der Waals surface area contributed by atoms with Crippen LogP contribution < -0.4 is 0 Å². The molecule has 4 rings (SSSR count). The molecule has 1 aliphatic carbocycles. The van der Waals surface area contributed by atoms with Crippen LogP contribution in [0.25, 0.3) is 11.0 Å². The van der Waals surface area contributed by atoms with Gasteiger partial charge in [0.05, 0.1) is 16.1 Å². The minimum Gasteiger partial charge on any atom is -0.331 e. The Bertz CT molecular complexity index is 887. The van der Waals surface area contributed by atoms with Gasteiger partial charge in [-0.2, -0.15) is 0 Å². The average molecular weight is 319 g/mol. The first-order valence-corrected chi connectivity index (χ1v) is 7.58. The molecule has 1 N–H and O–H groups in total. The van der Waals surface area contributed by atoms with Crippen molar-refractivity contribution >= 4 is 34.9 Å². The van der Waals surface area contributed by atoms with E-state index in [1.807, 2.05) is 4.57 Å². The summed E-state index contributed by atoms with van der Waals surface area (Å²) in [6.07, 6.45) is 1.84. The molecule has 0 atom stereocenters. The number of benzene rings is 2. The van der Waals surface area contributed by atoms with Crippen molar-refractivity contribution < 1.29 is 4.39 Å². The molecule has 0 saturated carbocycles. The minimum atomic E-state index is -0.414. The third-order valence-electron chi connectivity index (χ3n) is 4.15. The molecule has 5 heteroatoms. The van der Waals surface area contributed by atoms with Crippen molar-refractivity contribution in [2.24, 2.45) is 0 Å². The predicted octanol–water partition coefficient (Wildman–Crippen LogP) is 4.83. The zero-order chi connectivity index (χ0) is 14.6. The summed E-state index contributed by atoms with van der Waals surface area (Å²) in [5.41, 5.74) is 4.24. The highest BCUT2D eigenvalue weighted by Crippen LogP contribution is 2.33. The molecular weight excluding hydrogens is 307 g/mol. The van der Waals surface area contributed by atoms with Crippen LogP contribution in [0.15, 0.2) is 36.4 Å². The summed E-state index contributed by atoms with van der Waals surface area (Å²) in [5, 5.41) is 0.112. The molecule has 2 nitrogen and oxygen atoms in total. The van der Waals surface area contributed by atoms with Crippen LogP contribution in [0, 0.1) is 10.6 Å². The normalized spacial score (nSPS) is 14.8. The van der Waals surface area contributed by atoms with Gasteiger partial charge in [-0.15, -0.1) is 0 Å². The lowest BCUT2D eigenvalue weighted by Crippen LogP contribution is -2.09. The first-order chi connectivity index (χ1) is 10.1. The highest BCUT2D eigenvalue weighted by molar-refractivity contribution is 7.71. The van der Waals surface area contributed by atoms with Crippen molar-refractivity contribution in [3.8, 4) is 0 Å². The quantitative estimate of drug-likeness (QED) is 0.637. The number of rotatable bonds is 1. The molecule has 1 heterocycles. The second-order valence-electron chi connectivity index (χ2n) is 5.41. The summed E-state index contributed by atoms with van der Waals surface area (Å²) in [5.74, 6) is -0.414. The Morgan fingerprint density at radius 1 is 1.19 bits per heavy atom. The number of nitrogens with one attached hydrogen (secondary N) is 1. The summed E-state index contributed by atoms with van der Waals surface area (Å²) in [4.78, 5) is 3.13. The molecule has 0 unspecified atom stereocenters. The number of fused-ring (bicyclic) bond motifs is 2. The number of halogens is 2. The summed E-state index contributed by atoms with van der Waals surface area (Å²) in [7, 11) is 0. The van der Waals surface area contributed by atoms with Crippen molar-refractivity contribution in [3.05, 3.63) is 63.1 Å². The van der Waals surface area contributed by atoms with Gasteiger partial charge in [0.2, 0.25) is 0 Å². The minimum absolute atomic E-state index is 0.112. The molecule has 0 aliphatic heterocycles. The molecule has 0 saturated heterocycles. The van der Waals surface area contributed by atoms with E-state index in [1.165, 1.54) is 17.2 Å². The number of imidazole rings is 1. The lowest BCUT2D eigenvalue weighted by Gasteiger charge is -2.12. The molecule has 0 amide bonds. The fourth-order valence-electron chi connectivity index (χ4n) is 3.20.